The summed E-state index contributed by atoms with van der Waals surface area (Å²) in [6, 6.07) is 22.7. The Labute approximate surface area is 163 Å². The molecule has 0 atom stereocenters. The Hall–Kier alpha value is -2.76. The zero-order chi connectivity index (χ0) is 18.5. The van der Waals surface area contributed by atoms with E-state index in [1.165, 1.54) is 22.5 Å². The maximum atomic E-state index is 5.90. The van der Waals surface area contributed by atoms with Gasteiger partial charge in [0, 0.05) is 19.3 Å². The van der Waals surface area contributed by atoms with Gasteiger partial charge in [-0.25, -0.2) is 4.98 Å². The van der Waals surface area contributed by atoms with Gasteiger partial charge in [-0.3, -0.25) is 4.90 Å². The molecule has 0 saturated heterocycles. The van der Waals surface area contributed by atoms with Crippen molar-refractivity contribution in [3.8, 4) is 10.9 Å². The van der Waals surface area contributed by atoms with Gasteiger partial charge in [-0.15, -0.1) is 0 Å². The molecule has 27 heavy (non-hydrogen) atoms. The summed E-state index contributed by atoms with van der Waals surface area (Å²) in [6.07, 6.45) is 1.75. The summed E-state index contributed by atoms with van der Waals surface area (Å²) in [7, 11) is 0. The van der Waals surface area contributed by atoms with E-state index in [1.54, 1.807) is 6.20 Å². The van der Waals surface area contributed by atoms with Crippen molar-refractivity contribution < 1.29 is 4.74 Å². The molecule has 136 valence electrons. The van der Waals surface area contributed by atoms with Crippen LogP contribution in [0.15, 0.2) is 72.9 Å². The second-order valence-electron chi connectivity index (χ2n) is 6.34. The van der Waals surface area contributed by atoms with E-state index in [0.29, 0.717) is 5.19 Å². The number of benzene rings is 2. The number of pyridine rings is 1. The van der Waals surface area contributed by atoms with Crippen LogP contribution in [-0.4, -0.2) is 21.4 Å². The summed E-state index contributed by atoms with van der Waals surface area (Å²) in [5.74, 6) is 0.795. The monoisotopic (exact) mass is 375 g/mol. The molecule has 5 heteroatoms. The van der Waals surface area contributed by atoms with Crippen molar-refractivity contribution in [2.24, 2.45) is 0 Å². The highest BCUT2D eigenvalue weighted by Crippen LogP contribution is 2.30. The molecule has 0 saturated carbocycles. The second-order valence-corrected chi connectivity index (χ2v) is 7.33. The third-order valence-corrected chi connectivity index (χ3v) is 5.26. The molecule has 0 N–H and O–H groups in total. The van der Waals surface area contributed by atoms with Crippen molar-refractivity contribution in [3.05, 3.63) is 84.1 Å². The predicted octanol–water partition coefficient (Wildman–Crippen LogP) is 5.51. The van der Waals surface area contributed by atoms with Gasteiger partial charge >= 0.3 is 0 Å². The van der Waals surface area contributed by atoms with Gasteiger partial charge in [-0.1, -0.05) is 60.7 Å². The van der Waals surface area contributed by atoms with E-state index in [2.05, 4.69) is 64.3 Å². The van der Waals surface area contributed by atoms with Gasteiger partial charge in [0.1, 0.15) is 5.75 Å². The molecule has 0 amide bonds. The van der Waals surface area contributed by atoms with E-state index in [9.17, 15) is 0 Å². The summed E-state index contributed by atoms with van der Waals surface area (Å²) < 4.78 is 6.93. The van der Waals surface area contributed by atoms with Crippen molar-refractivity contribution >= 4 is 21.7 Å². The second kappa shape index (κ2) is 8.29. The average molecular weight is 375 g/mol. The van der Waals surface area contributed by atoms with Crippen molar-refractivity contribution in [1.82, 2.24) is 14.9 Å². The van der Waals surface area contributed by atoms with Crippen molar-refractivity contribution in [2.45, 2.75) is 20.0 Å². The van der Waals surface area contributed by atoms with Crippen LogP contribution >= 0.6 is 11.3 Å². The molecule has 0 aliphatic heterocycles. The lowest BCUT2D eigenvalue weighted by Crippen LogP contribution is -2.22. The molecular weight excluding hydrogens is 354 g/mol. The Morgan fingerprint density at radius 3 is 2.33 bits per heavy atom. The zero-order valence-corrected chi connectivity index (χ0v) is 16.0. The first-order valence-corrected chi connectivity index (χ1v) is 9.86. The zero-order valence-electron chi connectivity index (χ0n) is 15.2. The summed E-state index contributed by atoms with van der Waals surface area (Å²) in [5.41, 5.74) is 3.34. The average Bonchev–Trinajstić information content (AvgIpc) is 3.12. The number of aromatic nitrogens is 2. The van der Waals surface area contributed by atoms with E-state index in [4.69, 9.17) is 4.74 Å². The molecule has 0 spiro atoms. The molecule has 4 rings (SSSR count). The minimum absolute atomic E-state index is 0.621. The van der Waals surface area contributed by atoms with E-state index in [-0.39, 0.29) is 0 Å². The van der Waals surface area contributed by atoms with Gasteiger partial charge in [0.05, 0.1) is 4.70 Å². The highest BCUT2D eigenvalue weighted by molar-refractivity contribution is 7.20. The topological polar surface area (TPSA) is 38.2 Å². The first-order valence-electron chi connectivity index (χ1n) is 9.05. The maximum absolute atomic E-state index is 5.90. The molecule has 0 aliphatic rings. The molecule has 4 aromatic rings. The van der Waals surface area contributed by atoms with E-state index >= 15 is 0 Å². The van der Waals surface area contributed by atoms with Crippen LogP contribution in [0.5, 0.6) is 10.9 Å². The fraction of sp³-hybridized carbons (Fsp3) is 0.182. The summed E-state index contributed by atoms with van der Waals surface area (Å²) in [5, 5.41) is 0.621. The summed E-state index contributed by atoms with van der Waals surface area (Å²) in [6.45, 7) is 5.07. The Morgan fingerprint density at radius 1 is 0.889 bits per heavy atom. The highest BCUT2D eigenvalue weighted by Gasteiger charge is 2.08. The van der Waals surface area contributed by atoms with Gasteiger partial charge in [-0.2, -0.15) is 4.98 Å². The number of rotatable bonds is 7. The van der Waals surface area contributed by atoms with Crippen LogP contribution in [0.4, 0.5) is 0 Å². The van der Waals surface area contributed by atoms with Crippen LogP contribution in [-0.2, 0) is 13.1 Å². The standard InChI is InChI=1S/C22H21N3OS/c1-2-25(15-17-7-4-3-5-8-17)16-18-10-12-19(13-11-18)26-22-24-21-20(27-22)9-6-14-23-21/h3-14H,2,15-16H2,1H3. The lowest BCUT2D eigenvalue weighted by Gasteiger charge is -2.20. The molecule has 0 unspecified atom stereocenters. The molecule has 2 aromatic carbocycles. The SMILES string of the molecule is CCN(Cc1ccccc1)Cc1ccc(Oc2nc3ncccc3s2)cc1. The van der Waals surface area contributed by atoms with Gasteiger partial charge in [0.25, 0.3) is 5.19 Å². The van der Waals surface area contributed by atoms with Crippen molar-refractivity contribution in [2.75, 3.05) is 6.54 Å². The number of ether oxygens (including phenoxy) is 1. The Bertz CT molecular complexity index is 966. The fourth-order valence-electron chi connectivity index (χ4n) is 2.94. The Balaban J connectivity index is 1.40. The normalized spacial score (nSPS) is 11.2. The van der Waals surface area contributed by atoms with Gasteiger partial charge in [-0.05, 0) is 41.9 Å². The minimum Gasteiger partial charge on any atom is -0.431 e. The minimum atomic E-state index is 0.621. The number of nitrogens with zero attached hydrogens (tertiary/aromatic N) is 3. The van der Waals surface area contributed by atoms with Crippen LogP contribution in [0, 0.1) is 0 Å². The maximum Gasteiger partial charge on any atom is 0.281 e. The smallest absolute Gasteiger partial charge is 0.281 e. The van der Waals surface area contributed by atoms with E-state index in [1.807, 2.05) is 24.3 Å². The molecule has 0 aliphatic carbocycles. The highest BCUT2D eigenvalue weighted by atomic mass is 32.1. The Kier molecular flexibility index (Phi) is 5.42. The third-order valence-electron chi connectivity index (χ3n) is 4.38. The van der Waals surface area contributed by atoms with Crippen molar-refractivity contribution in [1.29, 1.82) is 0 Å². The fourth-order valence-corrected chi connectivity index (χ4v) is 3.73. The molecule has 0 fully saturated rings. The van der Waals surface area contributed by atoms with Gasteiger partial charge < -0.3 is 4.74 Å². The Morgan fingerprint density at radius 2 is 1.63 bits per heavy atom. The molecule has 2 aromatic heterocycles. The number of fused-ring (bicyclic) bond motifs is 1. The summed E-state index contributed by atoms with van der Waals surface area (Å²) >= 11 is 1.51. The lowest BCUT2D eigenvalue weighted by molar-refractivity contribution is 0.271. The lowest BCUT2D eigenvalue weighted by atomic mass is 10.1. The van der Waals surface area contributed by atoms with Crippen molar-refractivity contribution in [3.63, 3.8) is 0 Å². The largest absolute Gasteiger partial charge is 0.431 e. The first kappa shape index (κ1) is 17.6. The van der Waals surface area contributed by atoms with Crippen LogP contribution in [0.2, 0.25) is 0 Å². The summed E-state index contributed by atoms with van der Waals surface area (Å²) in [4.78, 5) is 11.1. The van der Waals surface area contributed by atoms with Gasteiger partial charge in [0.2, 0.25) is 0 Å². The van der Waals surface area contributed by atoms with Crippen LogP contribution in [0.1, 0.15) is 18.1 Å². The van der Waals surface area contributed by atoms with Gasteiger partial charge in [0.15, 0.2) is 5.65 Å². The number of thiazole rings is 1. The third kappa shape index (κ3) is 4.51. The van der Waals surface area contributed by atoms with Crippen LogP contribution in [0.3, 0.4) is 0 Å². The molecule has 4 nitrogen and oxygen atoms in total. The quantitative estimate of drug-likeness (QED) is 0.427. The number of hydrogen-bond donors (Lipinski definition) is 0. The molecule has 0 radical (unpaired) electrons. The molecule has 2 heterocycles. The molecular formula is C22H21N3OS. The number of hydrogen-bond acceptors (Lipinski definition) is 5. The van der Waals surface area contributed by atoms with Crippen LogP contribution < -0.4 is 4.74 Å². The van der Waals surface area contributed by atoms with E-state index in [0.717, 1.165) is 35.7 Å². The van der Waals surface area contributed by atoms with E-state index < -0.39 is 0 Å². The molecule has 0 bridgehead atoms. The predicted molar refractivity (Wildman–Crippen MR) is 110 cm³/mol. The van der Waals surface area contributed by atoms with Crippen LogP contribution in [0.25, 0.3) is 10.3 Å². The first-order chi connectivity index (χ1) is 13.3.